The third-order valence-electron chi connectivity index (χ3n) is 7.06. The maximum atomic E-state index is 13.7. The number of nitrogens with one attached hydrogen (secondary N) is 1. The number of benzene rings is 2. The number of imidazole rings is 1. The molecule has 4 rings (SSSR count). The molecule has 12 heteroatoms. The fraction of sp³-hybridized carbons (Fsp3) is 0.393. The molecule has 0 bridgehead atoms. The van der Waals surface area contributed by atoms with Crippen LogP contribution in [-0.4, -0.2) is 34.3 Å². The van der Waals surface area contributed by atoms with E-state index in [1.165, 1.54) is 18.4 Å². The molecule has 0 aliphatic carbocycles. The van der Waals surface area contributed by atoms with Crippen molar-refractivity contribution in [1.82, 2.24) is 23.3 Å². The van der Waals surface area contributed by atoms with Gasteiger partial charge in [-0.2, -0.15) is 0 Å². The third-order valence-corrected chi connectivity index (χ3v) is 7.31. The van der Waals surface area contributed by atoms with E-state index in [4.69, 9.17) is 11.6 Å². The van der Waals surface area contributed by atoms with E-state index < -0.39 is 29.3 Å². The van der Waals surface area contributed by atoms with Crippen LogP contribution in [0.4, 0.5) is 5.69 Å². The van der Waals surface area contributed by atoms with Gasteiger partial charge in [0.05, 0.1) is 35.2 Å². The zero-order chi connectivity index (χ0) is 29.5. The quantitative estimate of drug-likeness (QED) is 0.333. The summed E-state index contributed by atoms with van der Waals surface area (Å²) in [5.41, 5.74) is 0.948. The smallest absolute Gasteiger partial charge is 0.335 e. The predicted octanol–water partition coefficient (Wildman–Crippen LogP) is 3.83. The lowest BCUT2D eigenvalue weighted by molar-refractivity contribution is -0.142. The first-order valence-corrected chi connectivity index (χ1v) is 13.4. The Labute approximate surface area is 234 Å². The van der Waals surface area contributed by atoms with Crippen LogP contribution in [0.5, 0.6) is 0 Å². The average Bonchev–Trinajstić information content (AvgIpc) is 3.18. The van der Waals surface area contributed by atoms with Gasteiger partial charge in [-0.05, 0) is 77.4 Å². The minimum atomic E-state index is -1.13. The van der Waals surface area contributed by atoms with Crippen molar-refractivity contribution in [2.75, 3.05) is 0 Å². The minimum absolute atomic E-state index is 0.0162. The van der Waals surface area contributed by atoms with Crippen LogP contribution >= 0.6 is 11.6 Å². The van der Waals surface area contributed by atoms with Gasteiger partial charge in [-0.1, -0.05) is 23.7 Å². The highest BCUT2D eigenvalue weighted by atomic mass is 35.5. The van der Waals surface area contributed by atoms with Gasteiger partial charge >= 0.3 is 23.0 Å². The lowest BCUT2D eigenvalue weighted by Crippen LogP contribution is -2.52. The lowest BCUT2D eigenvalue weighted by Gasteiger charge is -2.19. The van der Waals surface area contributed by atoms with Crippen LogP contribution in [0.2, 0.25) is 5.02 Å². The first kappa shape index (κ1) is 28.9. The van der Waals surface area contributed by atoms with Crippen molar-refractivity contribution in [2.24, 2.45) is 10.9 Å². The molecule has 0 radical (unpaired) electrons. The van der Waals surface area contributed by atoms with Crippen molar-refractivity contribution in [2.45, 2.75) is 66.2 Å². The monoisotopic (exact) mass is 568 g/mol. The molecule has 4 aromatic rings. The molecule has 0 spiro atoms. The maximum Gasteiger partial charge on any atom is 0.335 e. The first-order valence-electron chi connectivity index (χ1n) is 13.1. The molecule has 0 aliphatic heterocycles. The largest absolute Gasteiger partial charge is 0.481 e. The van der Waals surface area contributed by atoms with E-state index >= 15 is 0 Å². The van der Waals surface area contributed by atoms with Gasteiger partial charge in [0.25, 0.3) is 0 Å². The van der Waals surface area contributed by atoms with Gasteiger partial charge in [-0.15, -0.1) is 0 Å². The molecule has 2 heterocycles. The number of rotatable bonds is 8. The molecule has 2 atom stereocenters. The second-order valence-electron chi connectivity index (χ2n) is 10.5. The summed E-state index contributed by atoms with van der Waals surface area (Å²) in [7, 11) is 0. The lowest BCUT2D eigenvalue weighted by atomic mass is 10.0. The van der Waals surface area contributed by atoms with Crippen LogP contribution in [-0.2, 0) is 11.3 Å². The molecule has 212 valence electrons. The van der Waals surface area contributed by atoms with Gasteiger partial charge < -0.3 is 5.11 Å². The predicted molar refractivity (Wildman–Crippen MR) is 154 cm³/mol. The van der Waals surface area contributed by atoms with Crippen molar-refractivity contribution in [3.63, 3.8) is 0 Å². The summed E-state index contributed by atoms with van der Waals surface area (Å²) in [6, 6.07) is 11.1. The molecular weight excluding hydrogens is 536 g/mol. The first-order chi connectivity index (χ1) is 18.8. The number of hydrogen-bond donors (Lipinski definition) is 2. The average molecular weight is 569 g/mol. The minimum Gasteiger partial charge on any atom is -0.481 e. The molecular formula is C28H33ClN6O5. The molecule has 0 unspecified atom stereocenters. The van der Waals surface area contributed by atoms with Crippen molar-refractivity contribution in [3.05, 3.63) is 90.1 Å². The van der Waals surface area contributed by atoms with Crippen LogP contribution in [0.15, 0.2) is 61.8 Å². The molecule has 0 fully saturated rings. The van der Waals surface area contributed by atoms with Gasteiger partial charge in [0, 0.05) is 17.1 Å². The SMILES string of the molecule is CC(C)n1c(=O)n(C(C)C)c2cc(/N=c3\[nH]c(=O)n([C@@H](C)[C@@H](C)C(=O)O)c(=O)n3Cc3ccc(Cl)cc3)ccc21. The number of carbonyl (C=O) groups is 1. The Morgan fingerprint density at radius 1 is 0.875 bits per heavy atom. The van der Waals surface area contributed by atoms with E-state index in [1.807, 2.05) is 27.7 Å². The van der Waals surface area contributed by atoms with E-state index in [2.05, 4.69) is 9.98 Å². The van der Waals surface area contributed by atoms with E-state index in [-0.39, 0.29) is 29.9 Å². The number of hydrogen-bond acceptors (Lipinski definition) is 5. The maximum absolute atomic E-state index is 13.7. The molecule has 0 saturated carbocycles. The van der Waals surface area contributed by atoms with Gasteiger partial charge in [0.15, 0.2) is 0 Å². The summed E-state index contributed by atoms with van der Waals surface area (Å²) in [4.78, 5) is 58.9. The summed E-state index contributed by atoms with van der Waals surface area (Å²) in [5, 5.41) is 10.0. The summed E-state index contributed by atoms with van der Waals surface area (Å²) < 4.78 is 5.59. The fourth-order valence-electron chi connectivity index (χ4n) is 4.74. The zero-order valence-electron chi connectivity index (χ0n) is 23.3. The summed E-state index contributed by atoms with van der Waals surface area (Å²) >= 11 is 6.03. The summed E-state index contributed by atoms with van der Waals surface area (Å²) in [6.07, 6.45) is 0. The summed E-state index contributed by atoms with van der Waals surface area (Å²) in [5.74, 6) is -2.12. The second kappa shape index (κ2) is 11.2. The highest BCUT2D eigenvalue weighted by Crippen LogP contribution is 2.25. The summed E-state index contributed by atoms with van der Waals surface area (Å²) in [6.45, 7) is 10.7. The van der Waals surface area contributed by atoms with Crippen molar-refractivity contribution >= 4 is 34.3 Å². The van der Waals surface area contributed by atoms with Crippen LogP contribution in [0.3, 0.4) is 0 Å². The van der Waals surface area contributed by atoms with E-state index in [1.54, 1.807) is 51.6 Å². The Morgan fingerprint density at radius 2 is 1.48 bits per heavy atom. The van der Waals surface area contributed by atoms with E-state index in [0.717, 1.165) is 15.6 Å². The normalized spacial score (nSPS) is 13.9. The molecule has 0 amide bonds. The number of aromatic amines is 1. The molecule has 2 N–H and O–H groups in total. The molecule has 2 aromatic carbocycles. The van der Waals surface area contributed by atoms with Crippen LogP contribution in [0, 0.1) is 5.92 Å². The van der Waals surface area contributed by atoms with Crippen molar-refractivity contribution in [3.8, 4) is 0 Å². The van der Waals surface area contributed by atoms with Crippen LogP contribution < -0.4 is 22.7 Å². The third kappa shape index (κ3) is 5.33. The van der Waals surface area contributed by atoms with Crippen molar-refractivity contribution < 1.29 is 9.90 Å². The highest BCUT2D eigenvalue weighted by molar-refractivity contribution is 6.30. The van der Waals surface area contributed by atoms with E-state index in [0.29, 0.717) is 16.2 Å². The van der Waals surface area contributed by atoms with Gasteiger partial charge in [0.1, 0.15) is 0 Å². The van der Waals surface area contributed by atoms with E-state index in [9.17, 15) is 24.3 Å². The Hall–Kier alpha value is -4.12. The van der Waals surface area contributed by atoms with Crippen LogP contribution in [0.1, 0.15) is 65.2 Å². The Kier molecular flexibility index (Phi) is 8.06. The van der Waals surface area contributed by atoms with Gasteiger partial charge in [-0.25, -0.2) is 23.9 Å². The molecule has 0 saturated heterocycles. The Balaban J connectivity index is 1.99. The molecule has 2 aromatic heterocycles. The Morgan fingerprint density at radius 3 is 2.05 bits per heavy atom. The van der Waals surface area contributed by atoms with Gasteiger partial charge in [-0.3, -0.25) is 23.5 Å². The number of aromatic nitrogens is 5. The molecule has 40 heavy (non-hydrogen) atoms. The standard InChI is InChI=1S/C28H33ClN6O5/c1-15(2)33-22-12-11-21(13-23(22)34(16(3)4)28(33)40)30-25-31-26(38)35(18(6)17(5)24(36)37)27(39)32(25)14-19-7-9-20(29)10-8-19/h7-13,15-18H,14H2,1-6H3,(H,36,37)(H,30,31,38)/t17-,18+/m1/s1. The molecule has 11 nitrogen and oxygen atoms in total. The number of fused-ring (bicyclic) bond motifs is 1. The number of halogens is 1. The number of nitrogens with zero attached hydrogens (tertiary/aromatic N) is 5. The number of carboxylic acid groups (broad SMARTS) is 1. The topological polar surface area (TPSA) is 136 Å². The fourth-order valence-corrected chi connectivity index (χ4v) is 4.87. The highest BCUT2D eigenvalue weighted by Gasteiger charge is 2.25. The number of H-pyrrole nitrogens is 1. The number of aliphatic carboxylic acids is 1. The number of carboxylic acids is 1. The zero-order valence-corrected chi connectivity index (χ0v) is 24.0. The van der Waals surface area contributed by atoms with Crippen LogP contribution in [0.25, 0.3) is 11.0 Å². The molecule has 0 aliphatic rings. The Bertz CT molecular complexity index is 1820. The van der Waals surface area contributed by atoms with Crippen molar-refractivity contribution in [1.29, 1.82) is 0 Å². The van der Waals surface area contributed by atoms with Gasteiger partial charge in [0.2, 0.25) is 5.62 Å². The second-order valence-corrected chi connectivity index (χ2v) is 10.9.